The number of rotatable bonds is 4. The number of nitrogens with one attached hydrogen (secondary N) is 1. The van der Waals surface area contributed by atoms with Crippen molar-refractivity contribution in [2.45, 2.75) is 18.9 Å². The molecule has 1 fully saturated rings. The number of anilines is 1. The molecule has 1 saturated heterocycles. The topological polar surface area (TPSA) is 67.9 Å². The van der Waals surface area contributed by atoms with Crippen molar-refractivity contribution < 1.29 is 19.1 Å². The summed E-state index contributed by atoms with van der Waals surface area (Å²) in [7, 11) is 0. The number of hydrogen-bond donors (Lipinski definition) is 1. The van der Waals surface area contributed by atoms with Gasteiger partial charge in [-0.05, 0) is 28.5 Å². The van der Waals surface area contributed by atoms with Gasteiger partial charge in [0, 0.05) is 24.7 Å². The van der Waals surface area contributed by atoms with Crippen LogP contribution >= 0.6 is 0 Å². The zero-order chi connectivity index (χ0) is 20.5. The molecule has 0 bridgehead atoms. The summed E-state index contributed by atoms with van der Waals surface area (Å²) in [5.41, 5.74) is 1.74. The van der Waals surface area contributed by atoms with Gasteiger partial charge in [0.15, 0.2) is 11.5 Å². The summed E-state index contributed by atoms with van der Waals surface area (Å²) in [6.07, 6.45) is 0.575. The SMILES string of the molecule is O=C(Cc1cccc2ccccc12)N[C@H]1CC(=O)N(c2ccc3c(c2)OCCO3)C1. The molecule has 0 spiro atoms. The van der Waals surface area contributed by atoms with Gasteiger partial charge in [-0.15, -0.1) is 0 Å². The number of amides is 2. The van der Waals surface area contributed by atoms with Crippen molar-refractivity contribution in [1.82, 2.24) is 5.32 Å². The number of hydrogen-bond acceptors (Lipinski definition) is 4. The minimum Gasteiger partial charge on any atom is -0.486 e. The van der Waals surface area contributed by atoms with Crippen LogP contribution in [0.3, 0.4) is 0 Å². The van der Waals surface area contributed by atoms with Gasteiger partial charge in [-0.2, -0.15) is 0 Å². The number of fused-ring (bicyclic) bond motifs is 2. The standard InChI is InChI=1S/C24H22N2O4/c27-23(12-17-6-3-5-16-4-1-2-7-20(16)17)25-18-13-24(28)26(15-18)19-8-9-21-22(14-19)30-11-10-29-21/h1-9,14,18H,10-13,15H2,(H,25,27)/t18-/m0/s1. The Morgan fingerprint density at radius 1 is 1.00 bits per heavy atom. The first-order valence-corrected chi connectivity index (χ1v) is 10.1. The fraction of sp³-hybridized carbons (Fsp3) is 0.250. The maximum atomic E-state index is 12.7. The highest BCUT2D eigenvalue weighted by Crippen LogP contribution is 2.35. The van der Waals surface area contributed by atoms with Crippen LogP contribution < -0.4 is 19.7 Å². The molecule has 3 aromatic carbocycles. The van der Waals surface area contributed by atoms with Crippen LogP contribution in [-0.4, -0.2) is 37.6 Å². The molecule has 152 valence electrons. The van der Waals surface area contributed by atoms with Gasteiger partial charge >= 0.3 is 0 Å². The number of carbonyl (C=O) groups is 2. The normalized spacial score (nSPS) is 17.9. The second-order valence-corrected chi connectivity index (χ2v) is 7.62. The van der Waals surface area contributed by atoms with Crippen molar-refractivity contribution in [2.75, 3.05) is 24.7 Å². The molecule has 6 nitrogen and oxygen atoms in total. The third-order valence-corrected chi connectivity index (χ3v) is 5.56. The number of nitrogens with zero attached hydrogens (tertiary/aromatic N) is 1. The maximum Gasteiger partial charge on any atom is 0.229 e. The van der Waals surface area contributed by atoms with Crippen LogP contribution in [0, 0.1) is 0 Å². The lowest BCUT2D eigenvalue weighted by Gasteiger charge is -2.22. The van der Waals surface area contributed by atoms with Gasteiger partial charge in [0.05, 0.1) is 12.5 Å². The summed E-state index contributed by atoms with van der Waals surface area (Å²) in [4.78, 5) is 26.9. The van der Waals surface area contributed by atoms with E-state index in [1.807, 2.05) is 60.7 Å². The van der Waals surface area contributed by atoms with Gasteiger partial charge in [-0.25, -0.2) is 0 Å². The number of carbonyl (C=O) groups excluding carboxylic acids is 2. The zero-order valence-electron chi connectivity index (χ0n) is 16.5. The predicted octanol–water partition coefficient (Wildman–Crippen LogP) is 3.08. The zero-order valence-corrected chi connectivity index (χ0v) is 16.5. The average Bonchev–Trinajstić information content (AvgIpc) is 3.13. The molecule has 2 amide bonds. The molecule has 0 saturated carbocycles. The second kappa shape index (κ2) is 7.71. The molecule has 0 aliphatic carbocycles. The Hall–Kier alpha value is -3.54. The molecule has 0 aromatic heterocycles. The van der Waals surface area contributed by atoms with E-state index in [0.29, 0.717) is 31.3 Å². The molecule has 2 aliphatic heterocycles. The molecule has 5 rings (SSSR count). The fourth-order valence-electron chi connectivity index (χ4n) is 4.15. The monoisotopic (exact) mass is 402 g/mol. The Kier molecular flexibility index (Phi) is 4.75. The van der Waals surface area contributed by atoms with Crippen LogP contribution in [0.15, 0.2) is 60.7 Å². The van der Waals surface area contributed by atoms with Crippen molar-refractivity contribution in [3.05, 3.63) is 66.2 Å². The highest BCUT2D eigenvalue weighted by Gasteiger charge is 2.32. The lowest BCUT2D eigenvalue weighted by atomic mass is 10.0. The van der Waals surface area contributed by atoms with Gasteiger partial charge in [0.25, 0.3) is 0 Å². The minimum atomic E-state index is -0.215. The van der Waals surface area contributed by atoms with Crippen molar-refractivity contribution >= 4 is 28.3 Å². The van der Waals surface area contributed by atoms with Crippen LogP contribution in [0.25, 0.3) is 10.8 Å². The highest BCUT2D eigenvalue weighted by molar-refractivity contribution is 5.97. The largest absolute Gasteiger partial charge is 0.486 e. The second-order valence-electron chi connectivity index (χ2n) is 7.62. The molecule has 2 aliphatic rings. The fourth-order valence-corrected chi connectivity index (χ4v) is 4.15. The maximum absolute atomic E-state index is 12.7. The van der Waals surface area contributed by atoms with Crippen molar-refractivity contribution in [3.8, 4) is 11.5 Å². The van der Waals surface area contributed by atoms with Crippen molar-refractivity contribution in [1.29, 1.82) is 0 Å². The lowest BCUT2D eigenvalue weighted by Crippen LogP contribution is -2.38. The summed E-state index contributed by atoms with van der Waals surface area (Å²) in [5.74, 6) is 1.25. The summed E-state index contributed by atoms with van der Waals surface area (Å²) in [6.45, 7) is 1.47. The van der Waals surface area contributed by atoms with Gasteiger partial charge in [-0.3, -0.25) is 9.59 Å². The smallest absolute Gasteiger partial charge is 0.229 e. The summed E-state index contributed by atoms with van der Waals surface area (Å²) < 4.78 is 11.2. The van der Waals surface area contributed by atoms with E-state index < -0.39 is 0 Å². The minimum absolute atomic E-state index is 0.0119. The Morgan fingerprint density at radius 2 is 1.80 bits per heavy atom. The van der Waals surface area contributed by atoms with E-state index in [2.05, 4.69) is 5.32 Å². The van der Waals surface area contributed by atoms with Crippen molar-refractivity contribution in [3.63, 3.8) is 0 Å². The van der Waals surface area contributed by atoms with E-state index in [1.165, 1.54) is 0 Å². The summed E-state index contributed by atoms with van der Waals surface area (Å²) in [6, 6.07) is 19.3. The van der Waals surface area contributed by atoms with Crippen LogP contribution in [0.2, 0.25) is 0 Å². The summed E-state index contributed by atoms with van der Waals surface area (Å²) >= 11 is 0. The van der Waals surface area contributed by atoms with E-state index in [0.717, 1.165) is 22.0 Å². The third-order valence-electron chi connectivity index (χ3n) is 5.56. The molecule has 0 unspecified atom stereocenters. The predicted molar refractivity (Wildman–Crippen MR) is 114 cm³/mol. The molecule has 2 heterocycles. The van der Waals surface area contributed by atoms with Crippen LogP contribution in [0.4, 0.5) is 5.69 Å². The number of benzene rings is 3. The molecule has 30 heavy (non-hydrogen) atoms. The first kappa shape index (κ1) is 18.5. The van der Waals surface area contributed by atoms with Gasteiger partial charge in [0.1, 0.15) is 13.2 Å². The van der Waals surface area contributed by atoms with Gasteiger partial charge in [0.2, 0.25) is 11.8 Å². The average molecular weight is 402 g/mol. The Morgan fingerprint density at radius 3 is 2.70 bits per heavy atom. The van der Waals surface area contributed by atoms with Gasteiger partial charge in [-0.1, -0.05) is 42.5 Å². The Balaban J connectivity index is 1.26. The van der Waals surface area contributed by atoms with Crippen LogP contribution in [-0.2, 0) is 16.0 Å². The third kappa shape index (κ3) is 3.56. The Bertz CT molecular complexity index is 1120. The molecule has 6 heteroatoms. The first-order chi connectivity index (χ1) is 14.7. The Labute approximate surface area is 174 Å². The van der Waals surface area contributed by atoms with E-state index in [-0.39, 0.29) is 30.7 Å². The molecule has 1 N–H and O–H groups in total. The molecule has 3 aromatic rings. The molecular formula is C24H22N2O4. The summed E-state index contributed by atoms with van der Waals surface area (Å²) in [5, 5.41) is 5.22. The highest BCUT2D eigenvalue weighted by atomic mass is 16.6. The van der Waals surface area contributed by atoms with Crippen LogP contribution in [0.5, 0.6) is 11.5 Å². The van der Waals surface area contributed by atoms with E-state index in [1.54, 1.807) is 4.90 Å². The van der Waals surface area contributed by atoms with Gasteiger partial charge < -0.3 is 19.7 Å². The van der Waals surface area contributed by atoms with E-state index >= 15 is 0 Å². The molecule has 1 atom stereocenters. The lowest BCUT2D eigenvalue weighted by molar-refractivity contribution is -0.121. The van der Waals surface area contributed by atoms with E-state index in [4.69, 9.17) is 9.47 Å². The quantitative estimate of drug-likeness (QED) is 0.728. The van der Waals surface area contributed by atoms with E-state index in [9.17, 15) is 9.59 Å². The van der Waals surface area contributed by atoms with Crippen molar-refractivity contribution in [2.24, 2.45) is 0 Å². The molecular weight excluding hydrogens is 380 g/mol. The molecule has 0 radical (unpaired) electrons. The number of ether oxygens (including phenoxy) is 2. The van der Waals surface area contributed by atoms with Crippen LogP contribution in [0.1, 0.15) is 12.0 Å². The first-order valence-electron chi connectivity index (χ1n) is 10.1.